The molecule has 0 atom stereocenters. The minimum atomic E-state index is -0.351. The van der Waals surface area contributed by atoms with Gasteiger partial charge in [0.15, 0.2) is 5.84 Å². The first-order valence-corrected chi connectivity index (χ1v) is 7.96. The number of rotatable bonds is 6. The summed E-state index contributed by atoms with van der Waals surface area (Å²) in [7, 11) is 1.76. The van der Waals surface area contributed by atoms with Gasteiger partial charge in [-0.25, -0.2) is 9.37 Å². The molecule has 0 radical (unpaired) electrons. The van der Waals surface area contributed by atoms with E-state index < -0.39 is 0 Å². The predicted molar refractivity (Wildman–Crippen MR) is 93.5 cm³/mol. The summed E-state index contributed by atoms with van der Waals surface area (Å²) in [6.45, 7) is 0.408. The Kier molecular flexibility index (Phi) is 5.48. The maximum absolute atomic E-state index is 13.8. The summed E-state index contributed by atoms with van der Waals surface area (Å²) >= 11 is 0. The summed E-state index contributed by atoms with van der Waals surface area (Å²) in [6, 6.07) is 13.4. The average Bonchev–Trinajstić information content (AvgIpc) is 3.15. The molecule has 0 aliphatic heterocycles. The molecule has 7 heteroatoms. The predicted octanol–water partition coefficient (Wildman–Crippen LogP) is 3.66. The van der Waals surface area contributed by atoms with Crippen LogP contribution in [0.5, 0.6) is 5.88 Å². The van der Waals surface area contributed by atoms with Crippen LogP contribution in [0, 0.1) is 5.82 Å². The molecule has 0 saturated heterocycles. The number of halogens is 1. The zero-order valence-corrected chi connectivity index (χ0v) is 14.2. The molecule has 0 aliphatic rings. The molecule has 3 rings (SSSR count). The van der Waals surface area contributed by atoms with E-state index >= 15 is 0 Å². The third-order valence-corrected chi connectivity index (χ3v) is 3.76. The van der Waals surface area contributed by atoms with Gasteiger partial charge >= 0.3 is 0 Å². The van der Waals surface area contributed by atoms with Crippen LogP contribution in [0.2, 0.25) is 0 Å². The fraction of sp³-hybridized carbons (Fsp3) is 0.158. The Bertz CT molecular complexity index is 881. The van der Waals surface area contributed by atoms with Crippen LogP contribution in [0.1, 0.15) is 16.9 Å². The lowest BCUT2D eigenvalue weighted by Gasteiger charge is -2.20. The number of oxime groups is 1. The molecule has 0 bridgehead atoms. The summed E-state index contributed by atoms with van der Waals surface area (Å²) in [5.74, 6) is 0.871. The molecular weight excluding hydrogens is 337 g/mol. The maximum Gasteiger partial charge on any atom is 0.224 e. The number of nitrogens with zero attached hydrogens (tertiary/aromatic N) is 3. The molecule has 0 spiro atoms. The summed E-state index contributed by atoms with van der Waals surface area (Å²) in [4.78, 5) is 5.89. The number of benzene rings is 1. The molecule has 0 saturated carbocycles. The Morgan fingerprint density at radius 1 is 1.23 bits per heavy atom. The third kappa shape index (κ3) is 4.00. The topological polar surface area (TPSA) is 71.1 Å². The lowest BCUT2D eigenvalue weighted by Crippen LogP contribution is -2.27. The Balaban J connectivity index is 1.79. The third-order valence-electron chi connectivity index (χ3n) is 3.76. The highest BCUT2D eigenvalue weighted by Crippen LogP contribution is 2.20. The van der Waals surface area contributed by atoms with Gasteiger partial charge in [-0.3, -0.25) is 0 Å². The van der Waals surface area contributed by atoms with Crippen molar-refractivity contribution >= 4 is 5.84 Å². The number of hydrogen-bond donors (Lipinski definition) is 1. The Hall–Kier alpha value is -3.35. The van der Waals surface area contributed by atoms with E-state index in [0.717, 1.165) is 0 Å². The number of aromatic nitrogens is 1. The van der Waals surface area contributed by atoms with E-state index in [-0.39, 0.29) is 24.1 Å². The lowest BCUT2D eigenvalue weighted by molar-refractivity contribution is 0.282. The molecule has 0 aliphatic carbocycles. The quantitative estimate of drug-likeness (QED) is 0.316. The van der Waals surface area contributed by atoms with Crippen LogP contribution < -0.4 is 4.74 Å². The minimum absolute atomic E-state index is 0.0112. The monoisotopic (exact) mass is 355 g/mol. The first kappa shape index (κ1) is 17.5. The maximum atomic E-state index is 13.8. The van der Waals surface area contributed by atoms with E-state index in [0.29, 0.717) is 23.4 Å². The number of furan rings is 1. The van der Waals surface area contributed by atoms with Gasteiger partial charge in [-0.15, -0.1) is 0 Å². The Labute approximate surface area is 150 Å². The molecule has 0 amide bonds. The fourth-order valence-electron chi connectivity index (χ4n) is 2.48. The van der Waals surface area contributed by atoms with E-state index in [1.807, 2.05) is 6.07 Å². The summed E-state index contributed by atoms with van der Waals surface area (Å²) < 4.78 is 24.8. The van der Waals surface area contributed by atoms with Crippen molar-refractivity contribution in [1.82, 2.24) is 9.88 Å². The second kappa shape index (κ2) is 8.15. The Morgan fingerprint density at radius 2 is 2.08 bits per heavy atom. The normalized spacial score (nSPS) is 11.4. The zero-order valence-electron chi connectivity index (χ0n) is 14.2. The van der Waals surface area contributed by atoms with Gasteiger partial charge in [-0.1, -0.05) is 23.4 Å². The van der Waals surface area contributed by atoms with E-state index in [1.54, 1.807) is 60.8 Å². The van der Waals surface area contributed by atoms with Crippen molar-refractivity contribution in [3.8, 4) is 5.88 Å². The van der Waals surface area contributed by atoms with Crippen molar-refractivity contribution in [2.75, 3.05) is 7.05 Å². The number of amidine groups is 1. The second-order valence-corrected chi connectivity index (χ2v) is 5.60. The summed E-state index contributed by atoms with van der Waals surface area (Å²) in [6.07, 6.45) is 3.13. The van der Waals surface area contributed by atoms with Gasteiger partial charge in [-0.05, 0) is 30.3 Å². The smallest absolute Gasteiger partial charge is 0.224 e. The molecule has 134 valence electrons. The van der Waals surface area contributed by atoms with Gasteiger partial charge in [0.1, 0.15) is 18.2 Å². The highest BCUT2D eigenvalue weighted by molar-refractivity contribution is 6.00. The number of pyridine rings is 1. The molecule has 1 aromatic carbocycles. The minimum Gasteiger partial charge on any atom is -0.472 e. The van der Waals surface area contributed by atoms with E-state index in [9.17, 15) is 9.60 Å². The van der Waals surface area contributed by atoms with Crippen molar-refractivity contribution in [2.45, 2.75) is 13.2 Å². The van der Waals surface area contributed by atoms with Gasteiger partial charge in [-0.2, -0.15) is 0 Å². The Morgan fingerprint density at radius 3 is 2.81 bits per heavy atom. The lowest BCUT2D eigenvalue weighted by atomic mass is 10.2. The van der Waals surface area contributed by atoms with Crippen molar-refractivity contribution in [1.29, 1.82) is 0 Å². The van der Waals surface area contributed by atoms with Gasteiger partial charge in [0.05, 0.1) is 18.4 Å². The van der Waals surface area contributed by atoms with Gasteiger partial charge in [0, 0.05) is 18.8 Å². The first-order chi connectivity index (χ1) is 12.7. The van der Waals surface area contributed by atoms with Crippen molar-refractivity contribution < 1.29 is 18.8 Å². The molecule has 0 fully saturated rings. The van der Waals surface area contributed by atoms with Crippen molar-refractivity contribution in [3.63, 3.8) is 0 Å². The van der Waals surface area contributed by atoms with E-state index in [1.165, 1.54) is 6.07 Å². The molecular formula is C19H18FN3O3. The molecule has 2 aromatic heterocycles. The van der Waals surface area contributed by atoms with Gasteiger partial charge in [0.2, 0.25) is 5.88 Å². The molecule has 26 heavy (non-hydrogen) atoms. The number of hydrogen-bond acceptors (Lipinski definition) is 5. The van der Waals surface area contributed by atoms with Crippen molar-refractivity contribution in [2.24, 2.45) is 5.16 Å². The van der Waals surface area contributed by atoms with Crippen LogP contribution in [-0.2, 0) is 13.2 Å². The highest BCUT2D eigenvalue weighted by Gasteiger charge is 2.18. The largest absolute Gasteiger partial charge is 0.472 e. The molecule has 3 aromatic rings. The summed E-state index contributed by atoms with van der Waals surface area (Å²) in [5.41, 5.74) is 0.899. The fourth-order valence-corrected chi connectivity index (χ4v) is 2.48. The van der Waals surface area contributed by atoms with Crippen LogP contribution >= 0.6 is 0 Å². The van der Waals surface area contributed by atoms with Crippen molar-refractivity contribution in [3.05, 3.63) is 83.7 Å². The van der Waals surface area contributed by atoms with E-state index in [4.69, 9.17) is 9.15 Å². The number of ether oxygens (including phenoxy) is 1. The van der Waals surface area contributed by atoms with Crippen LogP contribution in [0.4, 0.5) is 4.39 Å². The average molecular weight is 355 g/mol. The van der Waals surface area contributed by atoms with Crippen LogP contribution in [0.15, 0.2) is 70.6 Å². The van der Waals surface area contributed by atoms with Gasteiger partial charge in [0.25, 0.3) is 0 Å². The molecule has 2 heterocycles. The standard InChI is InChI=1S/C19H18FN3O3/c1-23(12-15-7-5-11-25-15)18(22-24)16-8-4-10-21-19(16)26-13-14-6-2-3-9-17(14)20/h2-11,24H,12-13H2,1H3/b22-18-. The highest BCUT2D eigenvalue weighted by atomic mass is 19.1. The van der Waals surface area contributed by atoms with Crippen LogP contribution in [0.3, 0.4) is 0 Å². The van der Waals surface area contributed by atoms with Crippen LogP contribution in [-0.4, -0.2) is 28.0 Å². The first-order valence-electron chi connectivity index (χ1n) is 7.96. The van der Waals surface area contributed by atoms with Gasteiger partial charge < -0.3 is 19.3 Å². The second-order valence-electron chi connectivity index (χ2n) is 5.60. The SMILES string of the molecule is CN(Cc1ccco1)/C(=N\O)c1cccnc1OCc1ccccc1F. The molecule has 6 nitrogen and oxygen atoms in total. The zero-order chi connectivity index (χ0) is 18.4. The van der Waals surface area contributed by atoms with Crippen LogP contribution in [0.25, 0.3) is 0 Å². The molecule has 0 unspecified atom stereocenters. The van der Waals surface area contributed by atoms with E-state index in [2.05, 4.69) is 10.1 Å². The summed E-state index contributed by atoms with van der Waals surface area (Å²) in [5, 5.41) is 12.9. The molecule has 1 N–H and O–H groups in total.